The van der Waals surface area contributed by atoms with Gasteiger partial charge in [0, 0.05) is 17.3 Å². The number of rotatable bonds is 5. The topological polar surface area (TPSA) is 109 Å². The normalized spacial score (nSPS) is 11.2. The molecule has 0 radical (unpaired) electrons. The van der Waals surface area contributed by atoms with Crippen LogP contribution in [-0.2, 0) is 6.54 Å². The molecular formula is C17H13F2N7O. The molecule has 0 atom stereocenters. The minimum absolute atomic E-state index is 0.0516. The molecule has 4 rings (SSSR count). The van der Waals surface area contributed by atoms with Crippen LogP contribution in [0.2, 0.25) is 0 Å². The molecule has 4 aromatic rings. The van der Waals surface area contributed by atoms with Gasteiger partial charge >= 0.3 is 6.43 Å². The van der Waals surface area contributed by atoms with Gasteiger partial charge < -0.3 is 10.2 Å². The molecule has 0 spiro atoms. The molecule has 8 nitrogen and oxygen atoms in total. The quantitative estimate of drug-likeness (QED) is 0.576. The number of hydrogen-bond acceptors (Lipinski definition) is 7. The molecule has 0 bridgehead atoms. The summed E-state index contributed by atoms with van der Waals surface area (Å²) >= 11 is 0. The number of nitrogens with two attached hydrogens (primary N) is 1. The van der Waals surface area contributed by atoms with Crippen LogP contribution in [0.4, 0.5) is 14.6 Å². The average Bonchev–Trinajstić information content (AvgIpc) is 3.33. The van der Waals surface area contributed by atoms with Crippen molar-refractivity contribution in [3.8, 4) is 22.7 Å². The first-order chi connectivity index (χ1) is 13.1. The molecule has 3 heterocycles. The number of halogens is 2. The van der Waals surface area contributed by atoms with E-state index in [1.165, 1.54) is 0 Å². The second kappa shape index (κ2) is 6.90. The predicted octanol–water partition coefficient (Wildman–Crippen LogP) is 2.96. The predicted molar refractivity (Wildman–Crippen MR) is 91.5 cm³/mol. The molecule has 0 aliphatic heterocycles. The zero-order valence-corrected chi connectivity index (χ0v) is 13.8. The average molecular weight is 369 g/mol. The molecule has 0 aliphatic rings. The van der Waals surface area contributed by atoms with Gasteiger partial charge in [-0.3, -0.25) is 0 Å². The van der Waals surface area contributed by atoms with Crippen molar-refractivity contribution in [2.24, 2.45) is 0 Å². The first-order valence-electron chi connectivity index (χ1n) is 7.91. The van der Waals surface area contributed by atoms with E-state index in [9.17, 15) is 8.78 Å². The van der Waals surface area contributed by atoms with Crippen LogP contribution in [0, 0.1) is 0 Å². The number of nitrogen functional groups attached to an aromatic ring is 1. The van der Waals surface area contributed by atoms with E-state index in [2.05, 4.69) is 25.5 Å². The second-order valence-electron chi connectivity index (χ2n) is 5.72. The maximum atomic E-state index is 12.5. The Balaban J connectivity index is 1.48. The Morgan fingerprint density at radius 2 is 1.78 bits per heavy atom. The highest BCUT2D eigenvalue weighted by molar-refractivity contribution is 5.58. The van der Waals surface area contributed by atoms with E-state index >= 15 is 0 Å². The molecule has 136 valence electrons. The number of aromatic nitrogens is 6. The van der Waals surface area contributed by atoms with Crippen LogP contribution in [0.3, 0.4) is 0 Å². The lowest BCUT2D eigenvalue weighted by Crippen LogP contribution is -2.00. The molecule has 0 aliphatic carbocycles. The van der Waals surface area contributed by atoms with Gasteiger partial charge in [-0.15, -0.1) is 15.3 Å². The largest absolute Gasteiger partial charge is 0.415 e. The molecule has 0 saturated heterocycles. The van der Waals surface area contributed by atoms with Gasteiger partial charge in [-0.1, -0.05) is 17.3 Å². The molecule has 0 fully saturated rings. The van der Waals surface area contributed by atoms with Gasteiger partial charge in [-0.2, -0.15) is 8.78 Å². The van der Waals surface area contributed by atoms with Gasteiger partial charge in [0.05, 0.1) is 12.7 Å². The Bertz CT molecular complexity index is 1040. The van der Waals surface area contributed by atoms with Gasteiger partial charge in [-0.25, -0.2) is 9.67 Å². The summed E-state index contributed by atoms with van der Waals surface area (Å²) < 4.78 is 31.7. The van der Waals surface area contributed by atoms with Crippen molar-refractivity contribution < 1.29 is 13.2 Å². The van der Waals surface area contributed by atoms with Crippen molar-refractivity contribution >= 4 is 5.82 Å². The molecule has 27 heavy (non-hydrogen) atoms. The third-order valence-electron chi connectivity index (χ3n) is 3.79. The molecule has 0 unspecified atom stereocenters. The van der Waals surface area contributed by atoms with Crippen molar-refractivity contribution in [2.45, 2.75) is 13.0 Å². The molecule has 0 saturated carbocycles. The summed E-state index contributed by atoms with van der Waals surface area (Å²) in [6.07, 6.45) is 0.646. The van der Waals surface area contributed by atoms with Crippen LogP contribution >= 0.6 is 0 Å². The van der Waals surface area contributed by atoms with Crippen LogP contribution in [0.1, 0.15) is 17.9 Å². The van der Waals surface area contributed by atoms with Crippen molar-refractivity contribution in [3.63, 3.8) is 0 Å². The van der Waals surface area contributed by atoms with Crippen LogP contribution in [0.15, 0.2) is 53.2 Å². The Labute approximate surface area is 151 Å². The van der Waals surface area contributed by atoms with Crippen molar-refractivity contribution in [2.75, 3.05) is 5.73 Å². The smallest absolute Gasteiger partial charge is 0.314 e. The lowest BCUT2D eigenvalue weighted by atomic mass is 10.1. The zero-order chi connectivity index (χ0) is 18.8. The monoisotopic (exact) mass is 369 g/mol. The van der Waals surface area contributed by atoms with E-state index in [0.717, 1.165) is 11.1 Å². The number of alkyl halides is 2. The number of pyridine rings is 1. The standard InChI is InChI=1S/C17H13F2N7O/c18-15(19)17-24-23-16(27-17)11-3-1-10(2-4-11)8-26-9-13(22-25-26)12-5-6-14(20)21-7-12/h1-7,9,15H,8H2,(H2,20,21). The van der Waals surface area contributed by atoms with E-state index in [4.69, 9.17) is 10.2 Å². The zero-order valence-electron chi connectivity index (χ0n) is 13.8. The van der Waals surface area contributed by atoms with E-state index in [0.29, 0.717) is 23.6 Å². The summed E-state index contributed by atoms with van der Waals surface area (Å²) in [5.74, 6) is -0.203. The number of nitrogens with zero attached hydrogens (tertiary/aromatic N) is 6. The van der Waals surface area contributed by atoms with Crippen molar-refractivity contribution in [1.29, 1.82) is 0 Å². The molecule has 3 aromatic heterocycles. The van der Waals surface area contributed by atoms with Crippen LogP contribution in [0.25, 0.3) is 22.7 Å². The summed E-state index contributed by atoms with van der Waals surface area (Å²) in [7, 11) is 0. The third kappa shape index (κ3) is 3.64. The minimum atomic E-state index is -2.79. The molecule has 0 amide bonds. The fourth-order valence-electron chi connectivity index (χ4n) is 2.44. The van der Waals surface area contributed by atoms with E-state index < -0.39 is 12.3 Å². The minimum Gasteiger partial charge on any atom is -0.415 e. The molecule has 2 N–H and O–H groups in total. The lowest BCUT2D eigenvalue weighted by Gasteiger charge is -2.02. The fourth-order valence-corrected chi connectivity index (χ4v) is 2.44. The highest BCUT2D eigenvalue weighted by Crippen LogP contribution is 2.23. The van der Waals surface area contributed by atoms with Crippen LogP contribution in [-0.4, -0.2) is 30.2 Å². The molecule has 10 heteroatoms. The Morgan fingerprint density at radius 1 is 1.00 bits per heavy atom. The van der Waals surface area contributed by atoms with Gasteiger partial charge in [0.1, 0.15) is 11.5 Å². The van der Waals surface area contributed by atoms with E-state index in [1.54, 1.807) is 35.3 Å². The molecule has 1 aromatic carbocycles. The third-order valence-corrected chi connectivity index (χ3v) is 3.79. The maximum Gasteiger partial charge on any atom is 0.314 e. The lowest BCUT2D eigenvalue weighted by molar-refractivity contribution is 0.116. The summed E-state index contributed by atoms with van der Waals surface area (Å²) in [6.45, 7) is 0.488. The summed E-state index contributed by atoms with van der Waals surface area (Å²) in [5, 5.41) is 15.2. The van der Waals surface area contributed by atoms with E-state index in [1.807, 2.05) is 18.2 Å². The Hall–Kier alpha value is -3.69. The number of hydrogen-bond donors (Lipinski definition) is 1. The fraction of sp³-hybridized carbons (Fsp3) is 0.118. The van der Waals surface area contributed by atoms with Crippen molar-refractivity contribution in [3.05, 3.63) is 60.2 Å². The van der Waals surface area contributed by atoms with Gasteiger partial charge in [-0.05, 0) is 29.8 Å². The molecular weight excluding hydrogens is 356 g/mol. The number of anilines is 1. The van der Waals surface area contributed by atoms with Crippen LogP contribution in [0.5, 0.6) is 0 Å². The first kappa shape index (κ1) is 16.8. The first-order valence-corrected chi connectivity index (χ1v) is 7.91. The second-order valence-corrected chi connectivity index (χ2v) is 5.72. The summed E-state index contributed by atoms with van der Waals surface area (Å²) in [5.41, 5.74) is 8.58. The van der Waals surface area contributed by atoms with Gasteiger partial charge in [0.2, 0.25) is 5.89 Å². The summed E-state index contributed by atoms with van der Waals surface area (Å²) in [4.78, 5) is 4.03. The Morgan fingerprint density at radius 3 is 2.44 bits per heavy atom. The summed E-state index contributed by atoms with van der Waals surface area (Å²) in [6, 6.07) is 10.6. The van der Waals surface area contributed by atoms with E-state index in [-0.39, 0.29) is 5.89 Å². The van der Waals surface area contributed by atoms with Crippen molar-refractivity contribution in [1.82, 2.24) is 30.2 Å². The number of benzene rings is 1. The Kier molecular flexibility index (Phi) is 4.29. The highest BCUT2D eigenvalue weighted by atomic mass is 19.3. The SMILES string of the molecule is Nc1ccc(-c2cn(Cc3ccc(-c4nnc(C(F)F)o4)cc3)nn2)cn1. The van der Waals surface area contributed by atoms with Gasteiger partial charge in [0.15, 0.2) is 0 Å². The highest BCUT2D eigenvalue weighted by Gasteiger charge is 2.16. The van der Waals surface area contributed by atoms with Crippen LogP contribution < -0.4 is 5.73 Å². The van der Waals surface area contributed by atoms with Gasteiger partial charge in [0.25, 0.3) is 5.89 Å². The maximum absolute atomic E-state index is 12.5.